The third-order valence-electron chi connectivity index (χ3n) is 3.05. The maximum Gasteiger partial charge on any atom is 0.151 e. The number of aromatic nitrogens is 4. The van der Waals surface area contributed by atoms with E-state index in [1.165, 1.54) is 11.3 Å². The Bertz CT molecular complexity index is 554. The number of rotatable bonds is 3. The first-order valence-electron chi connectivity index (χ1n) is 6.04. The predicted molar refractivity (Wildman–Crippen MR) is 72.0 cm³/mol. The molecule has 0 aromatic carbocycles. The van der Waals surface area contributed by atoms with Gasteiger partial charge in [-0.05, 0) is 38.8 Å². The largest absolute Gasteiger partial charge is 0.262 e. The zero-order valence-electron chi connectivity index (χ0n) is 11.2. The molecular weight excluding hydrogens is 248 g/mol. The van der Waals surface area contributed by atoms with Gasteiger partial charge in [0.05, 0.1) is 5.69 Å². The van der Waals surface area contributed by atoms with E-state index in [0.717, 1.165) is 17.8 Å². The lowest BCUT2D eigenvalue weighted by Crippen LogP contribution is -2.08. The lowest BCUT2D eigenvalue weighted by Gasteiger charge is -2.05. The summed E-state index contributed by atoms with van der Waals surface area (Å²) in [4.78, 5) is 8.61. The van der Waals surface area contributed by atoms with E-state index < -0.39 is 0 Å². The monoisotopic (exact) mass is 264 g/mol. The maximum absolute atomic E-state index is 5.94. The molecule has 2 heterocycles. The minimum Gasteiger partial charge on any atom is -0.262 e. The van der Waals surface area contributed by atoms with E-state index >= 15 is 0 Å². The van der Waals surface area contributed by atoms with Gasteiger partial charge in [-0.3, -0.25) is 4.68 Å². The van der Waals surface area contributed by atoms with Crippen molar-refractivity contribution >= 4 is 11.6 Å². The van der Waals surface area contributed by atoms with Crippen LogP contribution in [-0.2, 0) is 13.0 Å². The van der Waals surface area contributed by atoms with Crippen molar-refractivity contribution in [1.82, 2.24) is 19.7 Å². The molecule has 0 aliphatic heterocycles. The Labute approximate surface area is 112 Å². The molecule has 2 aromatic heterocycles. The first-order chi connectivity index (χ1) is 8.51. The van der Waals surface area contributed by atoms with Gasteiger partial charge in [0.25, 0.3) is 0 Å². The van der Waals surface area contributed by atoms with Crippen LogP contribution in [-0.4, -0.2) is 19.7 Å². The molecule has 0 bridgehead atoms. The highest BCUT2D eigenvalue weighted by atomic mass is 35.5. The molecule has 0 saturated heterocycles. The Hall–Kier alpha value is -1.42. The SMILES string of the molecule is CCc1c(C)nn(Cc2nc(C)cc(Cl)n2)c1C. The van der Waals surface area contributed by atoms with Crippen molar-refractivity contribution in [3.63, 3.8) is 0 Å². The van der Waals surface area contributed by atoms with Crippen LogP contribution in [0.2, 0.25) is 5.15 Å². The number of halogens is 1. The molecule has 4 nitrogen and oxygen atoms in total. The molecule has 2 aromatic rings. The quantitative estimate of drug-likeness (QED) is 0.801. The van der Waals surface area contributed by atoms with Crippen LogP contribution in [0.25, 0.3) is 0 Å². The fourth-order valence-corrected chi connectivity index (χ4v) is 2.45. The predicted octanol–water partition coefficient (Wildman–Crippen LogP) is 2.86. The summed E-state index contributed by atoms with van der Waals surface area (Å²) in [5.74, 6) is 0.702. The van der Waals surface area contributed by atoms with Gasteiger partial charge in [-0.25, -0.2) is 9.97 Å². The Balaban J connectivity index is 2.34. The number of hydrogen-bond acceptors (Lipinski definition) is 3. The van der Waals surface area contributed by atoms with Crippen LogP contribution in [0.4, 0.5) is 0 Å². The van der Waals surface area contributed by atoms with E-state index in [-0.39, 0.29) is 0 Å². The highest BCUT2D eigenvalue weighted by molar-refractivity contribution is 6.29. The third-order valence-corrected chi connectivity index (χ3v) is 3.24. The van der Waals surface area contributed by atoms with Crippen LogP contribution in [0.1, 0.15) is 35.4 Å². The lowest BCUT2D eigenvalue weighted by molar-refractivity contribution is 0.629. The molecule has 5 heteroatoms. The summed E-state index contributed by atoms with van der Waals surface area (Å²) >= 11 is 5.94. The van der Waals surface area contributed by atoms with Crippen molar-refractivity contribution in [1.29, 1.82) is 0 Å². The van der Waals surface area contributed by atoms with Crippen LogP contribution >= 0.6 is 11.6 Å². The molecule has 18 heavy (non-hydrogen) atoms. The first-order valence-corrected chi connectivity index (χ1v) is 6.42. The topological polar surface area (TPSA) is 43.6 Å². The molecule has 0 saturated carbocycles. The standard InChI is InChI=1S/C13H17ClN4/c1-5-11-9(3)17-18(10(11)4)7-13-15-8(2)6-12(14)16-13/h6H,5,7H2,1-4H3. The van der Waals surface area contributed by atoms with E-state index in [9.17, 15) is 0 Å². The Kier molecular flexibility index (Phi) is 3.66. The van der Waals surface area contributed by atoms with Gasteiger partial charge >= 0.3 is 0 Å². The van der Waals surface area contributed by atoms with Crippen LogP contribution in [0.5, 0.6) is 0 Å². The van der Waals surface area contributed by atoms with Gasteiger partial charge in [0.2, 0.25) is 0 Å². The maximum atomic E-state index is 5.94. The van der Waals surface area contributed by atoms with Crippen molar-refractivity contribution < 1.29 is 0 Å². The lowest BCUT2D eigenvalue weighted by atomic mass is 10.1. The zero-order valence-corrected chi connectivity index (χ0v) is 11.9. The molecule has 0 fully saturated rings. The molecule has 0 unspecified atom stereocenters. The second-order valence-electron chi connectivity index (χ2n) is 4.41. The van der Waals surface area contributed by atoms with Crippen molar-refractivity contribution in [2.75, 3.05) is 0 Å². The van der Waals surface area contributed by atoms with Crippen LogP contribution < -0.4 is 0 Å². The van der Waals surface area contributed by atoms with Crippen LogP contribution in [0, 0.1) is 20.8 Å². The van der Waals surface area contributed by atoms with Crippen molar-refractivity contribution in [3.8, 4) is 0 Å². The zero-order chi connectivity index (χ0) is 13.3. The summed E-state index contributed by atoms with van der Waals surface area (Å²) in [6, 6.07) is 1.75. The van der Waals surface area contributed by atoms with Gasteiger partial charge in [0.1, 0.15) is 11.7 Å². The smallest absolute Gasteiger partial charge is 0.151 e. The van der Waals surface area contributed by atoms with Gasteiger partial charge in [0, 0.05) is 11.4 Å². The fraction of sp³-hybridized carbons (Fsp3) is 0.462. The van der Waals surface area contributed by atoms with Crippen molar-refractivity contribution in [2.24, 2.45) is 0 Å². The van der Waals surface area contributed by atoms with Gasteiger partial charge in [-0.2, -0.15) is 5.10 Å². The number of aryl methyl sites for hydroxylation is 2. The molecule has 0 atom stereocenters. The van der Waals surface area contributed by atoms with Gasteiger partial charge in [-0.1, -0.05) is 18.5 Å². The molecule has 96 valence electrons. The fourth-order valence-electron chi connectivity index (χ4n) is 2.19. The van der Waals surface area contributed by atoms with E-state index in [1.807, 2.05) is 18.5 Å². The van der Waals surface area contributed by atoms with Crippen molar-refractivity contribution in [2.45, 2.75) is 40.7 Å². The number of hydrogen-bond donors (Lipinski definition) is 0. The second kappa shape index (κ2) is 5.06. The average Bonchev–Trinajstić information content (AvgIpc) is 2.52. The summed E-state index contributed by atoms with van der Waals surface area (Å²) in [6.45, 7) is 8.73. The van der Waals surface area contributed by atoms with Crippen LogP contribution in [0.3, 0.4) is 0 Å². The minimum absolute atomic E-state index is 0.481. The second-order valence-corrected chi connectivity index (χ2v) is 4.80. The van der Waals surface area contributed by atoms with E-state index in [4.69, 9.17) is 11.6 Å². The van der Waals surface area contributed by atoms with E-state index in [0.29, 0.717) is 17.5 Å². The molecule has 0 radical (unpaired) electrons. The molecule has 0 aliphatic carbocycles. The molecule has 2 rings (SSSR count). The Morgan fingerprint density at radius 1 is 1.22 bits per heavy atom. The third kappa shape index (κ3) is 2.53. The molecular formula is C13H17ClN4. The highest BCUT2D eigenvalue weighted by Crippen LogP contribution is 2.15. The molecule has 0 spiro atoms. The Morgan fingerprint density at radius 3 is 2.50 bits per heavy atom. The normalized spacial score (nSPS) is 10.9. The molecule has 0 N–H and O–H groups in total. The summed E-state index contributed by atoms with van der Waals surface area (Å²) in [7, 11) is 0. The summed E-state index contributed by atoms with van der Waals surface area (Å²) in [5, 5.41) is 5.01. The van der Waals surface area contributed by atoms with Crippen LogP contribution in [0.15, 0.2) is 6.07 Å². The summed E-state index contributed by atoms with van der Waals surface area (Å²) in [5.41, 5.74) is 4.43. The summed E-state index contributed by atoms with van der Waals surface area (Å²) < 4.78 is 1.94. The van der Waals surface area contributed by atoms with Gasteiger partial charge < -0.3 is 0 Å². The van der Waals surface area contributed by atoms with Crippen molar-refractivity contribution in [3.05, 3.63) is 39.7 Å². The highest BCUT2D eigenvalue weighted by Gasteiger charge is 2.11. The van der Waals surface area contributed by atoms with E-state index in [1.54, 1.807) is 6.07 Å². The number of nitrogens with zero attached hydrogens (tertiary/aromatic N) is 4. The van der Waals surface area contributed by atoms with Gasteiger partial charge in [0.15, 0.2) is 5.82 Å². The van der Waals surface area contributed by atoms with E-state index in [2.05, 4.69) is 28.9 Å². The molecule has 0 amide bonds. The van der Waals surface area contributed by atoms with Gasteiger partial charge in [-0.15, -0.1) is 0 Å². The summed E-state index contributed by atoms with van der Waals surface area (Å²) in [6.07, 6.45) is 0.993. The Morgan fingerprint density at radius 2 is 1.94 bits per heavy atom. The first kappa shape index (κ1) is 13.0. The average molecular weight is 265 g/mol. The molecule has 0 aliphatic rings. The minimum atomic E-state index is 0.481.